The summed E-state index contributed by atoms with van der Waals surface area (Å²) in [6, 6.07) is 4.60. The number of carbonyl (C=O) groups is 1. The highest BCUT2D eigenvalue weighted by Crippen LogP contribution is 2.22. The summed E-state index contributed by atoms with van der Waals surface area (Å²) in [5, 5.41) is 0. The van der Waals surface area contributed by atoms with Gasteiger partial charge in [-0.1, -0.05) is 6.07 Å². The monoisotopic (exact) mass is 315 g/mol. The van der Waals surface area contributed by atoms with Crippen LogP contribution in [0.3, 0.4) is 0 Å². The Bertz CT molecular complexity index is 453. The molecule has 2 N–H and O–H groups in total. The molecule has 1 aromatic rings. The van der Waals surface area contributed by atoms with E-state index in [-0.39, 0.29) is 30.2 Å². The van der Waals surface area contributed by atoms with Crippen LogP contribution in [0.25, 0.3) is 0 Å². The van der Waals surface area contributed by atoms with E-state index in [1.165, 1.54) is 6.07 Å². The summed E-state index contributed by atoms with van der Waals surface area (Å²) in [4.78, 5) is 12.0. The quantitative estimate of drug-likeness (QED) is 0.926. The molecule has 0 aromatic heterocycles. The van der Waals surface area contributed by atoms with E-state index < -0.39 is 0 Å². The zero-order chi connectivity index (χ0) is 13.1. The molecule has 1 fully saturated rings. The van der Waals surface area contributed by atoms with Gasteiger partial charge in [0.2, 0.25) is 0 Å². The van der Waals surface area contributed by atoms with Crippen LogP contribution in [0.5, 0.6) is 0 Å². The highest BCUT2D eigenvalue weighted by atomic mass is 79.9. The molecule has 2 rings (SSSR count). The Labute approximate surface area is 114 Å². The first-order valence-corrected chi connectivity index (χ1v) is 6.71. The van der Waals surface area contributed by atoms with Crippen LogP contribution < -0.4 is 5.73 Å². The third kappa shape index (κ3) is 3.16. The molecule has 1 aliphatic heterocycles. The molecular formula is C13H15BrFNO2. The highest BCUT2D eigenvalue weighted by Gasteiger charge is 2.29. The maximum Gasteiger partial charge on any atom is 0.165 e. The summed E-state index contributed by atoms with van der Waals surface area (Å²) in [6.45, 7) is 0.450. The number of Topliss-reactive ketones (excluding diaryl/α,β-unsaturated/α-hetero) is 1. The molecule has 2 atom stereocenters. The minimum atomic E-state index is -0.359. The summed E-state index contributed by atoms with van der Waals surface area (Å²) in [6.07, 6.45) is 1.46. The summed E-state index contributed by atoms with van der Waals surface area (Å²) < 4.78 is 19.0. The molecule has 0 aliphatic carbocycles. The standard InChI is InChI=1S/C13H15BrFNO2/c14-10-5-8(1-3-11(10)15)6-12(17)13-4-2-9(7-16)18-13/h1,3,5,9,13H,2,4,6-7,16H2. The molecule has 1 aromatic carbocycles. The maximum absolute atomic E-state index is 13.1. The average molecular weight is 316 g/mol. The minimum absolute atomic E-state index is 0.00101. The van der Waals surface area contributed by atoms with Gasteiger partial charge in [-0.3, -0.25) is 4.79 Å². The van der Waals surface area contributed by atoms with Gasteiger partial charge in [-0.15, -0.1) is 0 Å². The lowest BCUT2D eigenvalue weighted by atomic mass is 10.0. The van der Waals surface area contributed by atoms with Crippen molar-refractivity contribution in [3.05, 3.63) is 34.1 Å². The molecule has 18 heavy (non-hydrogen) atoms. The van der Waals surface area contributed by atoms with Crippen molar-refractivity contribution in [2.45, 2.75) is 31.5 Å². The van der Waals surface area contributed by atoms with Crippen molar-refractivity contribution in [1.82, 2.24) is 0 Å². The van der Waals surface area contributed by atoms with Crippen molar-refractivity contribution in [3.63, 3.8) is 0 Å². The zero-order valence-corrected chi connectivity index (χ0v) is 11.5. The molecule has 1 heterocycles. The molecule has 0 amide bonds. The largest absolute Gasteiger partial charge is 0.366 e. The number of ketones is 1. The zero-order valence-electron chi connectivity index (χ0n) is 9.86. The van der Waals surface area contributed by atoms with E-state index in [0.29, 0.717) is 11.0 Å². The number of benzene rings is 1. The minimum Gasteiger partial charge on any atom is -0.366 e. The number of halogens is 2. The Kier molecular flexibility index (Phi) is 4.48. The number of rotatable bonds is 4. The van der Waals surface area contributed by atoms with E-state index >= 15 is 0 Å². The van der Waals surface area contributed by atoms with Gasteiger partial charge < -0.3 is 10.5 Å². The second-order valence-corrected chi connectivity index (χ2v) is 5.31. The van der Waals surface area contributed by atoms with Gasteiger partial charge in [-0.05, 0) is 46.5 Å². The maximum atomic E-state index is 13.1. The van der Waals surface area contributed by atoms with Gasteiger partial charge >= 0.3 is 0 Å². The van der Waals surface area contributed by atoms with Crippen LogP contribution in [-0.4, -0.2) is 24.5 Å². The van der Waals surface area contributed by atoms with Crippen LogP contribution >= 0.6 is 15.9 Å². The summed E-state index contributed by atoms with van der Waals surface area (Å²) >= 11 is 3.11. The summed E-state index contributed by atoms with van der Waals surface area (Å²) in [5.74, 6) is -0.295. The van der Waals surface area contributed by atoms with Crippen molar-refractivity contribution in [2.24, 2.45) is 5.73 Å². The Morgan fingerprint density at radius 2 is 2.28 bits per heavy atom. The van der Waals surface area contributed by atoms with E-state index in [4.69, 9.17) is 10.5 Å². The third-order valence-electron chi connectivity index (χ3n) is 3.09. The number of hydrogen-bond donors (Lipinski definition) is 1. The highest BCUT2D eigenvalue weighted by molar-refractivity contribution is 9.10. The number of ether oxygens (including phenoxy) is 1. The molecule has 0 radical (unpaired) electrons. The fourth-order valence-corrected chi connectivity index (χ4v) is 2.51. The van der Waals surface area contributed by atoms with Gasteiger partial charge in [0.05, 0.1) is 10.6 Å². The van der Waals surface area contributed by atoms with E-state index in [9.17, 15) is 9.18 Å². The second kappa shape index (κ2) is 5.91. The molecule has 0 saturated carbocycles. The topological polar surface area (TPSA) is 52.3 Å². The van der Waals surface area contributed by atoms with E-state index in [1.54, 1.807) is 12.1 Å². The van der Waals surface area contributed by atoms with Crippen LogP contribution in [0.1, 0.15) is 18.4 Å². The van der Waals surface area contributed by atoms with E-state index in [2.05, 4.69) is 15.9 Å². The van der Waals surface area contributed by atoms with Gasteiger partial charge in [0, 0.05) is 13.0 Å². The van der Waals surface area contributed by atoms with E-state index in [0.717, 1.165) is 18.4 Å². The van der Waals surface area contributed by atoms with Gasteiger partial charge in [0.1, 0.15) is 11.9 Å². The van der Waals surface area contributed by atoms with Crippen LogP contribution in [-0.2, 0) is 16.0 Å². The molecule has 98 valence electrons. The molecule has 3 nitrogen and oxygen atoms in total. The SMILES string of the molecule is NCC1CCC(C(=O)Cc2ccc(F)c(Br)c2)O1. The Morgan fingerprint density at radius 3 is 2.89 bits per heavy atom. The molecule has 1 saturated heterocycles. The Balaban J connectivity index is 1.97. The average Bonchev–Trinajstić information content (AvgIpc) is 2.82. The molecule has 2 unspecified atom stereocenters. The van der Waals surface area contributed by atoms with Crippen LogP contribution in [0.4, 0.5) is 4.39 Å². The summed E-state index contributed by atoms with van der Waals surface area (Å²) in [5.41, 5.74) is 6.29. The van der Waals surface area contributed by atoms with Gasteiger partial charge in [0.25, 0.3) is 0 Å². The van der Waals surface area contributed by atoms with Gasteiger partial charge in [0.15, 0.2) is 5.78 Å². The van der Waals surface area contributed by atoms with Crippen LogP contribution in [0.2, 0.25) is 0 Å². The molecule has 1 aliphatic rings. The normalized spacial score (nSPS) is 23.3. The molecule has 5 heteroatoms. The van der Waals surface area contributed by atoms with Crippen LogP contribution in [0, 0.1) is 5.82 Å². The van der Waals surface area contributed by atoms with E-state index in [1.807, 2.05) is 0 Å². The lowest BCUT2D eigenvalue weighted by Crippen LogP contribution is -2.26. The first-order valence-electron chi connectivity index (χ1n) is 5.92. The lowest BCUT2D eigenvalue weighted by molar-refractivity contribution is -0.128. The predicted molar refractivity (Wildman–Crippen MR) is 69.8 cm³/mol. The third-order valence-corrected chi connectivity index (χ3v) is 3.70. The van der Waals surface area contributed by atoms with Gasteiger partial charge in [-0.2, -0.15) is 0 Å². The smallest absolute Gasteiger partial charge is 0.165 e. The molecular weight excluding hydrogens is 301 g/mol. The number of nitrogens with two attached hydrogens (primary N) is 1. The molecule has 0 spiro atoms. The Hall–Kier alpha value is -0.780. The van der Waals surface area contributed by atoms with Crippen molar-refractivity contribution in [2.75, 3.05) is 6.54 Å². The molecule has 0 bridgehead atoms. The van der Waals surface area contributed by atoms with Crippen LogP contribution in [0.15, 0.2) is 22.7 Å². The van der Waals surface area contributed by atoms with Crippen molar-refractivity contribution in [3.8, 4) is 0 Å². The van der Waals surface area contributed by atoms with Crippen molar-refractivity contribution >= 4 is 21.7 Å². The summed E-state index contributed by atoms with van der Waals surface area (Å²) in [7, 11) is 0. The fourth-order valence-electron chi connectivity index (χ4n) is 2.08. The number of hydrogen-bond acceptors (Lipinski definition) is 3. The van der Waals surface area contributed by atoms with Crippen molar-refractivity contribution < 1.29 is 13.9 Å². The predicted octanol–water partition coefficient (Wildman–Crippen LogP) is 2.21. The number of carbonyl (C=O) groups excluding carboxylic acids is 1. The first kappa shape index (κ1) is 13.6. The van der Waals surface area contributed by atoms with Crippen molar-refractivity contribution in [1.29, 1.82) is 0 Å². The first-order chi connectivity index (χ1) is 8.60. The fraction of sp³-hybridized carbons (Fsp3) is 0.462. The van der Waals surface area contributed by atoms with Gasteiger partial charge in [-0.25, -0.2) is 4.39 Å². The Morgan fingerprint density at radius 1 is 1.50 bits per heavy atom. The second-order valence-electron chi connectivity index (χ2n) is 4.45. The lowest BCUT2D eigenvalue weighted by Gasteiger charge is -2.11.